The smallest absolute Gasteiger partial charge is 0.174 e. The molecule has 3 rings (SSSR count). The molecule has 0 spiro atoms. The Kier molecular flexibility index (Phi) is 4.79. The minimum Gasteiger partial charge on any atom is -0.507 e. The highest BCUT2D eigenvalue weighted by atomic mass is 79.9. The van der Waals surface area contributed by atoms with Crippen molar-refractivity contribution in [1.82, 2.24) is 0 Å². The van der Waals surface area contributed by atoms with E-state index < -0.39 is 7.14 Å². The van der Waals surface area contributed by atoms with Gasteiger partial charge in [-0.15, -0.1) is 0 Å². The molecule has 3 aromatic rings. The first-order valence-corrected chi connectivity index (χ1v) is 9.85. The fraction of sp³-hybridized carbons (Fsp3) is 0.0526. The van der Waals surface area contributed by atoms with Crippen LogP contribution < -0.4 is 20.7 Å². The highest BCUT2D eigenvalue weighted by Gasteiger charge is 2.33. The van der Waals surface area contributed by atoms with Crippen molar-refractivity contribution in [2.24, 2.45) is 0 Å². The SMILES string of the molecule is COc1cc(P(=O)(c2ccccc2)c2ccccc2)c(O)cc1Br. The fourth-order valence-corrected chi connectivity index (χ4v) is 5.86. The number of halogens is 1. The minimum atomic E-state index is -3.22. The van der Waals surface area contributed by atoms with Gasteiger partial charge in [0.15, 0.2) is 7.14 Å². The summed E-state index contributed by atoms with van der Waals surface area (Å²) in [5, 5.41) is 12.2. The highest BCUT2D eigenvalue weighted by molar-refractivity contribution is 9.10. The lowest BCUT2D eigenvalue weighted by atomic mass is 10.3. The Morgan fingerprint density at radius 1 is 0.917 bits per heavy atom. The summed E-state index contributed by atoms with van der Waals surface area (Å²) in [4.78, 5) is 0. The molecule has 3 nitrogen and oxygen atoms in total. The van der Waals surface area contributed by atoms with Crippen LogP contribution in [-0.2, 0) is 4.57 Å². The third-order valence-electron chi connectivity index (χ3n) is 3.83. The number of hydrogen-bond donors (Lipinski definition) is 1. The summed E-state index contributed by atoms with van der Waals surface area (Å²) >= 11 is 3.35. The van der Waals surface area contributed by atoms with Crippen LogP contribution in [0.25, 0.3) is 0 Å². The molecular formula is C19H16BrO3P. The number of phenolic OH excluding ortho intramolecular Hbond substituents is 1. The Hall–Kier alpha value is -2.03. The van der Waals surface area contributed by atoms with Crippen LogP contribution in [0.2, 0.25) is 0 Å². The van der Waals surface area contributed by atoms with Crippen LogP contribution in [0.15, 0.2) is 77.3 Å². The molecule has 0 saturated heterocycles. The molecule has 1 N–H and O–H groups in total. The van der Waals surface area contributed by atoms with Gasteiger partial charge < -0.3 is 14.4 Å². The van der Waals surface area contributed by atoms with E-state index in [-0.39, 0.29) is 5.75 Å². The molecule has 0 heterocycles. The second-order valence-corrected chi connectivity index (χ2v) is 8.84. The maximum Gasteiger partial charge on any atom is 0.174 e. The standard InChI is InChI=1S/C19H16BrO3P/c1-23-18-13-19(17(21)12-16(18)20)24(22,14-8-4-2-5-9-14)15-10-6-3-7-11-15/h2-13,21H,1H3. The average molecular weight is 403 g/mol. The van der Waals surface area contributed by atoms with E-state index >= 15 is 0 Å². The van der Waals surface area contributed by atoms with Crippen molar-refractivity contribution in [3.63, 3.8) is 0 Å². The summed E-state index contributed by atoms with van der Waals surface area (Å²) in [6, 6.07) is 21.6. The fourth-order valence-electron chi connectivity index (χ4n) is 2.64. The zero-order valence-corrected chi connectivity index (χ0v) is 15.5. The van der Waals surface area contributed by atoms with Crippen molar-refractivity contribution < 1.29 is 14.4 Å². The molecular weight excluding hydrogens is 387 g/mol. The molecule has 0 saturated carbocycles. The normalized spacial score (nSPS) is 11.2. The van der Waals surface area contributed by atoms with E-state index in [0.717, 1.165) is 0 Å². The zero-order chi connectivity index (χ0) is 17.2. The van der Waals surface area contributed by atoms with Crippen molar-refractivity contribution >= 4 is 39.0 Å². The number of ether oxygens (including phenoxy) is 1. The Morgan fingerprint density at radius 3 is 1.88 bits per heavy atom. The topological polar surface area (TPSA) is 46.5 Å². The van der Waals surface area contributed by atoms with Gasteiger partial charge in [-0.25, -0.2) is 0 Å². The van der Waals surface area contributed by atoms with Crippen LogP contribution in [0.4, 0.5) is 0 Å². The molecule has 0 radical (unpaired) electrons. The maximum absolute atomic E-state index is 14.2. The molecule has 0 amide bonds. The van der Waals surface area contributed by atoms with Gasteiger partial charge in [0.1, 0.15) is 11.5 Å². The first-order chi connectivity index (χ1) is 11.6. The molecule has 0 atom stereocenters. The quantitative estimate of drug-likeness (QED) is 0.675. The number of phenols is 1. The second-order valence-electron chi connectivity index (χ2n) is 5.26. The molecule has 0 unspecified atom stereocenters. The highest BCUT2D eigenvalue weighted by Crippen LogP contribution is 2.46. The number of hydrogen-bond acceptors (Lipinski definition) is 3. The lowest BCUT2D eigenvalue weighted by molar-refractivity contribution is 0.410. The van der Waals surface area contributed by atoms with Gasteiger partial charge in [-0.05, 0) is 28.1 Å². The number of aromatic hydroxyl groups is 1. The molecule has 0 aromatic heterocycles. The van der Waals surface area contributed by atoms with Crippen molar-refractivity contribution in [3.8, 4) is 11.5 Å². The summed E-state index contributed by atoms with van der Waals surface area (Å²) in [6.07, 6.45) is 0. The Balaban J connectivity index is 2.34. The summed E-state index contributed by atoms with van der Waals surface area (Å²) in [7, 11) is -1.69. The summed E-state index contributed by atoms with van der Waals surface area (Å²) in [5.41, 5.74) is 0. The lowest BCUT2D eigenvalue weighted by Crippen LogP contribution is -2.25. The molecule has 0 fully saturated rings. The van der Waals surface area contributed by atoms with Gasteiger partial charge in [0, 0.05) is 10.6 Å². The van der Waals surface area contributed by atoms with E-state index in [9.17, 15) is 9.67 Å². The van der Waals surface area contributed by atoms with Gasteiger partial charge >= 0.3 is 0 Å². The molecule has 3 aromatic carbocycles. The third kappa shape index (κ3) is 2.88. The second kappa shape index (κ2) is 6.84. The molecule has 5 heteroatoms. The summed E-state index contributed by atoms with van der Waals surface area (Å²) < 4.78 is 20.1. The molecule has 24 heavy (non-hydrogen) atoms. The largest absolute Gasteiger partial charge is 0.507 e. The van der Waals surface area contributed by atoms with Gasteiger partial charge in [-0.1, -0.05) is 60.7 Å². The van der Waals surface area contributed by atoms with Gasteiger partial charge in [0.05, 0.1) is 16.9 Å². The number of benzene rings is 3. The van der Waals surface area contributed by atoms with E-state index in [0.29, 0.717) is 26.1 Å². The van der Waals surface area contributed by atoms with E-state index in [1.807, 2.05) is 60.7 Å². The molecule has 0 aliphatic heterocycles. The van der Waals surface area contributed by atoms with E-state index in [4.69, 9.17) is 4.74 Å². The van der Waals surface area contributed by atoms with Gasteiger partial charge in [0.25, 0.3) is 0 Å². The van der Waals surface area contributed by atoms with Crippen LogP contribution in [-0.4, -0.2) is 12.2 Å². The predicted molar refractivity (Wildman–Crippen MR) is 102 cm³/mol. The van der Waals surface area contributed by atoms with Crippen LogP contribution in [0.1, 0.15) is 0 Å². The van der Waals surface area contributed by atoms with E-state index in [2.05, 4.69) is 15.9 Å². The molecule has 122 valence electrons. The summed E-state index contributed by atoms with van der Waals surface area (Å²) in [6.45, 7) is 0. The van der Waals surface area contributed by atoms with Crippen molar-refractivity contribution in [2.75, 3.05) is 7.11 Å². The molecule has 0 aliphatic carbocycles. The molecule has 0 aliphatic rings. The predicted octanol–water partition coefficient (Wildman–Crippen LogP) is 3.80. The van der Waals surface area contributed by atoms with Gasteiger partial charge in [0.2, 0.25) is 0 Å². The van der Waals surface area contributed by atoms with Crippen molar-refractivity contribution in [1.29, 1.82) is 0 Å². The first kappa shape index (κ1) is 16.8. The maximum atomic E-state index is 14.2. The van der Waals surface area contributed by atoms with Crippen LogP contribution in [0.3, 0.4) is 0 Å². The lowest BCUT2D eigenvalue weighted by Gasteiger charge is -2.21. The van der Waals surface area contributed by atoms with Gasteiger partial charge in [-0.2, -0.15) is 0 Å². The first-order valence-electron chi connectivity index (χ1n) is 7.35. The van der Waals surface area contributed by atoms with Crippen molar-refractivity contribution in [2.45, 2.75) is 0 Å². The van der Waals surface area contributed by atoms with Crippen LogP contribution >= 0.6 is 23.1 Å². The zero-order valence-electron chi connectivity index (χ0n) is 13.0. The van der Waals surface area contributed by atoms with Crippen LogP contribution in [0, 0.1) is 0 Å². The van der Waals surface area contributed by atoms with Gasteiger partial charge in [-0.3, -0.25) is 0 Å². The Bertz CT molecular complexity index is 852. The third-order valence-corrected chi connectivity index (χ3v) is 7.53. The van der Waals surface area contributed by atoms with E-state index in [1.54, 1.807) is 6.07 Å². The number of methoxy groups -OCH3 is 1. The number of rotatable bonds is 4. The van der Waals surface area contributed by atoms with E-state index in [1.165, 1.54) is 13.2 Å². The Labute approximate surface area is 149 Å². The average Bonchev–Trinajstić information content (AvgIpc) is 2.63. The van der Waals surface area contributed by atoms with Crippen molar-refractivity contribution in [3.05, 3.63) is 77.3 Å². The molecule has 0 bridgehead atoms. The summed E-state index contributed by atoms with van der Waals surface area (Å²) in [5.74, 6) is 0.494. The monoisotopic (exact) mass is 402 g/mol. The Morgan fingerprint density at radius 2 is 1.42 bits per heavy atom. The van der Waals surface area contributed by atoms with Crippen LogP contribution in [0.5, 0.6) is 11.5 Å². The minimum absolute atomic E-state index is 0.0290.